The minimum Gasteiger partial charge on any atom is -0.466 e. The number of ether oxygens (including phenoxy) is 4. The van der Waals surface area contributed by atoms with E-state index in [9.17, 15) is 29.4 Å². The number of carbonyl (C=O) groups excluding carboxylic acids is 4. The molecule has 0 bridgehead atoms. The molecule has 2 unspecified atom stereocenters. The van der Waals surface area contributed by atoms with Crippen LogP contribution in [0.4, 0.5) is 0 Å². The molecule has 0 rings (SSSR count). The summed E-state index contributed by atoms with van der Waals surface area (Å²) >= 11 is 0. The number of esters is 4. The SMILES string of the molecule is CC/C=C\C/C=C\C/C=C\C/C=C\C/C=C\CCCC(=O)OC(C/C=C\CCCCCCCCOC(=O)CCN(CCCN(CCO)CCO)CCC(=O)OCCCCCCCC/C=C\CC(CCCCCC)OC(=O)CCC/C=C\C/C=C\C/C=C\C/C=C\C/C=C\CC)CCCCCC. The average Bonchev–Trinajstić information content (AvgIpc) is 3.55. The molecule has 101 heavy (non-hydrogen) atoms. The van der Waals surface area contributed by atoms with E-state index >= 15 is 0 Å². The molecule has 0 aromatic rings. The van der Waals surface area contributed by atoms with Gasteiger partial charge < -0.3 is 34.1 Å². The van der Waals surface area contributed by atoms with Crippen LogP contribution in [0.15, 0.2) is 146 Å². The van der Waals surface area contributed by atoms with Gasteiger partial charge in [0, 0.05) is 51.9 Å². The van der Waals surface area contributed by atoms with Gasteiger partial charge in [-0.25, -0.2) is 0 Å². The van der Waals surface area contributed by atoms with E-state index in [-0.39, 0.29) is 62.1 Å². The van der Waals surface area contributed by atoms with E-state index in [1.165, 1.54) is 38.5 Å². The standard InChI is InChI=1S/C89H150N2O10/c1-5-9-13-17-19-21-23-25-27-29-31-33-35-41-47-53-61-70-88(96)100-84(66-57-15-11-7-3)68-59-51-45-39-37-43-49-55-63-82-98-86(94)72-76-90(74-65-75-91(78-80-92)79-81-93)77-73-87(95)99-83-64-56-50-44-38-40-46-52-60-69-85(67-58-16-12-8-4)101-89(97)71-62-54-48-42-36-34-32-30-28-26-24-22-20-18-14-10-6-2/h9-10,13-14,19-22,25-28,31-34,41-42,47-48,51-52,59-60,84-85,92-93H,5-8,11-12,15-18,23-24,29-30,35-40,43-46,49-50,53-58,61-83H2,1-4H3/b13-9-,14-10-,21-19-,22-20-,27-25-,28-26-,33-31-,34-32-,47-41-,48-42-,59-51-,60-52-. The molecule has 2 N–H and O–H groups in total. The van der Waals surface area contributed by atoms with Gasteiger partial charge in [0.05, 0.1) is 39.3 Å². The summed E-state index contributed by atoms with van der Waals surface area (Å²) in [6.07, 6.45) is 95.7. The summed E-state index contributed by atoms with van der Waals surface area (Å²) in [7, 11) is 0. The fourth-order valence-electron chi connectivity index (χ4n) is 11.4. The second-order valence-corrected chi connectivity index (χ2v) is 26.8. The zero-order valence-corrected chi connectivity index (χ0v) is 65.0. The maximum atomic E-state index is 12.9. The molecule has 0 aliphatic rings. The lowest BCUT2D eigenvalue weighted by Gasteiger charge is -2.24. The minimum absolute atomic E-state index is 0.0191. The van der Waals surface area contributed by atoms with Gasteiger partial charge in [-0.15, -0.1) is 0 Å². The van der Waals surface area contributed by atoms with Crippen molar-refractivity contribution in [1.82, 2.24) is 9.80 Å². The molecule has 0 saturated carbocycles. The Balaban J connectivity index is 4.54. The van der Waals surface area contributed by atoms with Crippen molar-refractivity contribution in [3.63, 3.8) is 0 Å². The fourth-order valence-corrected chi connectivity index (χ4v) is 11.4. The van der Waals surface area contributed by atoms with E-state index in [1.54, 1.807) is 0 Å². The quantitative estimate of drug-likeness (QED) is 0.0258. The second kappa shape index (κ2) is 80.3. The van der Waals surface area contributed by atoms with Crippen LogP contribution < -0.4 is 0 Å². The first-order valence-corrected chi connectivity index (χ1v) is 40.9. The van der Waals surface area contributed by atoms with Crippen molar-refractivity contribution in [2.45, 2.75) is 329 Å². The maximum Gasteiger partial charge on any atom is 0.307 e. The van der Waals surface area contributed by atoms with Crippen LogP contribution in [0.5, 0.6) is 0 Å². The molecule has 0 aromatic carbocycles. The number of hydrogen-bond acceptors (Lipinski definition) is 12. The highest BCUT2D eigenvalue weighted by Gasteiger charge is 2.16. The third kappa shape index (κ3) is 74.1. The average molecular weight is 1410 g/mol. The predicted octanol–water partition coefficient (Wildman–Crippen LogP) is 22.8. The number of nitrogens with zero attached hydrogens (tertiary/aromatic N) is 2. The summed E-state index contributed by atoms with van der Waals surface area (Å²) < 4.78 is 23.3. The predicted molar refractivity (Wildman–Crippen MR) is 429 cm³/mol. The molecule has 0 amide bonds. The number of hydrogen-bond donors (Lipinski definition) is 2. The Morgan fingerprint density at radius 3 is 0.931 bits per heavy atom. The topological polar surface area (TPSA) is 152 Å². The molecule has 2 atom stereocenters. The third-order valence-corrected chi connectivity index (χ3v) is 17.4. The van der Waals surface area contributed by atoms with Crippen molar-refractivity contribution < 1.29 is 48.3 Å². The van der Waals surface area contributed by atoms with Crippen molar-refractivity contribution in [1.29, 1.82) is 0 Å². The van der Waals surface area contributed by atoms with Crippen molar-refractivity contribution >= 4 is 23.9 Å². The van der Waals surface area contributed by atoms with E-state index in [0.717, 1.165) is 225 Å². The second-order valence-electron chi connectivity index (χ2n) is 26.8. The van der Waals surface area contributed by atoms with Crippen molar-refractivity contribution in [2.24, 2.45) is 0 Å². The van der Waals surface area contributed by atoms with Gasteiger partial charge in [-0.3, -0.25) is 24.1 Å². The summed E-state index contributed by atoms with van der Waals surface area (Å²) in [5.41, 5.74) is 0. The van der Waals surface area contributed by atoms with E-state index in [4.69, 9.17) is 18.9 Å². The van der Waals surface area contributed by atoms with Crippen LogP contribution in [-0.2, 0) is 38.1 Å². The first-order chi connectivity index (χ1) is 49.7. The molecular weight excluding hydrogens is 1260 g/mol. The molecule has 576 valence electrons. The van der Waals surface area contributed by atoms with Gasteiger partial charge in [-0.05, 0) is 174 Å². The van der Waals surface area contributed by atoms with E-state index in [1.807, 2.05) is 4.90 Å². The van der Waals surface area contributed by atoms with Crippen LogP contribution >= 0.6 is 0 Å². The van der Waals surface area contributed by atoms with E-state index < -0.39 is 0 Å². The highest BCUT2D eigenvalue weighted by Crippen LogP contribution is 2.18. The number of unbranched alkanes of at least 4 members (excludes halogenated alkanes) is 20. The van der Waals surface area contributed by atoms with Crippen LogP contribution in [0.25, 0.3) is 0 Å². The molecular formula is C89H150N2O10. The van der Waals surface area contributed by atoms with Crippen LogP contribution in [0.3, 0.4) is 0 Å². The molecule has 0 saturated heterocycles. The lowest BCUT2D eigenvalue weighted by Crippen LogP contribution is -2.35. The van der Waals surface area contributed by atoms with Gasteiger partial charge in [0.2, 0.25) is 0 Å². The first-order valence-electron chi connectivity index (χ1n) is 40.9. The van der Waals surface area contributed by atoms with Crippen molar-refractivity contribution in [3.05, 3.63) is 146 Å². The van der Waals surface area contributed by atoms with Gasteiger partial charge in [-0.1, -0.05) is 263 Å². The molecule has 0 radical (unpaired) electrons. The number of aliphatic hydroxyl groups excluding tert-OH is 2. The molecule has 0 aliphatic heterocycles. The van der Waals surface area contributed by atoms with Crippen LogP contribution in [-0.4, -0.2) is 122 Å². The molecule has 0 spiro atoms. The number of carbonyl (C=O) groups is 4. The highest BCUT2D eigenvalue weighted by molar-refractivity contribution is 5.70. The summed E-state index contributed by atoms with van der Waals surface area (Å²) in [5, 5.41) is 19.0. The van der Waals surface area contributed by atoms with E-state index in [0.29, 0.717) is 65.3 Å². The zero-order chi connectivity index (χ0) is 73.3. The van der Waals surface area contributed by atoms with Gasteiger partial charge in [0.25, 0.3) is 0 Å². The maximum absolute atomic E-state index is 12.9. The number of allylic oxidation sites excluding steroid dienone is 22. The Morgan fingerprint density at radius 1 is 0.287 bits per heavy atom. The molecule has 0 heterocycles. The summed E-state index contributed by atoms with van der Waals surface area (Å²) in [5.74, 6) is -0.619. The monoisotopic (exact) mass is 1410 g/mol. The van der Waals surface area contributed by atoms with Crippen LogP contribution in [0.2, 0.25) is 0 Å². The lowest BCUT2D eigenvalue weighted by molar-refractivity contribution is -0.150. The van der Waals surface area contributed by atoms with Gasteiger partial charge in [-0.2, -0.15) is 0 Å². The third-order valence-electron chi connectivity index (χ3n) is 17.4. The van der Waals surface area contributed by atoms with Crippen molar-refractivity contribution in [2.75, 3.05) is 65.7 Å². The summed E-state index contributed by atoms with van der Waals surface area (Å²) in [6, 6.07) is 0. The van der Waals surface area contributed by atoms with Crippen LogP contribution in [0.1, 0.15) is 317 Å². The van der Waals surface area contributed by atoms with Gasteiger partial charge in [0.15, 0.2) is 0 Å². The minimum atomic E-state index is -0.227. The first kappa shape index (κ1) is 95.6. The highest BCUT2D eigenvalue weighted by atomic mass is 16.6. The largest absolute Gasteiger partial charge is 0.466 e. The molecule has 12 nitrogen and oxygen atoms in total. The Kier molecular flexibility index (Phi) is 76.0. The Labute approximate surface area is 619 Å². The normalized spacial score (nSPS) is 13.2. The van der Waals surface area contributed by atoms with Gasteiger partial charge in [0.1, 0.15) is 12.2 Å². The lowest BCUT2D eigenvalue weighted by atomic mass is 10.1. The fraction of sp³-hybridized carbons (Fsp3) is 0.685. The Bertz CT molecular complexity index is 2100. The molecule has 0 fully saturated rings. The Hall–Kier alpha value is -5.40. The number of aliphatic hydroxyl groups is 2. The van der Waals surface area contributed by atoms with Crippen molar-refractivity contribution in [3.8, 4) is 0 Å². The van der Waals surface area contributed by atoms with E-state index in [2.05, 4.69) is 178 Å². The molecule has 12 heteroatoms. The molecule has 0 aliphatic carbocycles. The summed E-state index contributed by atoms with van der Waals surface area (Å²) in [4.78, 5) is 55.5. The smallest absolute Gasteiger partial charge is 0.307 e. The number of rotatable bonds is 74. The van der Waals surface area contributed by atoms with Gasteiger partial charge >= 0.3 is 23.9 Å². The summed E-state index contributed by atoms with van der Waals surface area (Å²) in [6.45, 7) is 12.9. The molecule has 0 aromatic heterocycles. The Morgan fingerprint density at radius 2 is 0.584 bits per heavy atom. The van der Waals surface area contributed by atoms with Crippen LogP contribution in [0, 0.1) is 0 Å². The zero-order valence-electron chi connectivity index (χ0n) is 65.0.